The molecule has 28 heavy (non-hydrogen) atoms. The molecule has 1 saturated heterocycles. The molecule has 1 fully saturated rings. The number of benzene rings is 1. The Kier molecular flexibility index (Phi) is 7.48. The zero-order valence-corrected chi connectivity index (χ0v) is 17.5. The molecule has 1 aliphatic heterocycles. The highest BCUT2D eigenvalue weighted by atomic mass is 15.3. The topological polar surface area (TPSA) is 57.5 Å². The molecule has 2 aromatic rings. The molecular weight excluding hydrogens is 348 g/mol. The lowest BCUT2D eigenvalue weighted by atomic mass is 10.1. The summed E-state index contributed by atoms with van der Waals surface area (Å²) in [6.45, 7) is 12.1. The average Bonchev–Trinajstić information content (AvgIpc) is 3.05. The number of hydrogen-bond acceptors (Lipinski definition) is 3. The van der Waals surface area contributed by atoms with Crippen molar-refractivity contribution in [2.75, 3.05) is 32.7 Å². The monoisotopic (exact) mass is 382 g/mol. The summed E-state index contributed by atoms with van der Waals surface area (Å²) < 4.78 is 2.01. The van der Waals surface area contributed by atoms with Gasteiger partial charge in [0.15, 0.2) is 5.96 Å². The molecule has 0 amide bonds. The minimum atomic E-state index is 0.619. The van der Waals surface area contributed by atoms with E-state index >= 15 is 0 Å². The van der Waals surface area contributed by atoms with E-state index in [2.05, 4.69) is 64.8 Å². The van der Waals surface area contributed by atoms with Crippen molar-refractivity contribution in [2.24, 2.45) is 4.99 Å². The first-order valence-corrected chi connectivity index (χ1v) is 10.5. The van der Waals surface area contributed by atoms with E-state index in [1.54, 1.807) is 0 Å². The molecular formula is C22H34N6. The van der Waals surface area contributed by atoms with Crippen LogP contribution in [0.5, 0.6) is 0 Å². The largest absolute Gasteiger partial charge is 0.357 e. The maximum absolute atomic E-state index is 4.82. The number of aromatic nitrogens is 2. The van der Waals surface area contributed by atoms with Crippen molar-refractivity contribution in [1.29, 1.82) is 0 Å². The number of rotatable bonds is 7. The SMILES string of the molecule is CCNC(=NCc1ccccc1-n1nc(C)cc1C)NCCN1CCCCC1. The van der Waals surface area contributed by atoms with Crippen molar-refractivity contribution in [3.8, 4) is 5.69 Å². The van der Waals surface area contributed by atoms with Crippen LogP contribution in [0.3, 0.4) is 0 Å². The van der Waals surface area contributed by atoms with Crippen LogP contribution in [0.1, 0.15) is 43.1 Å². The molecule has 152 valence electrons. The molecule has 2 heterocycles. The average molecular weight is 383 g/mol. The molecule has 0 bridgehead atoms. The summed E-state index contributed by atoms with van der Waals surface area (Å²) in [5, 5.41) is 11.5. The second kappa shape index (κ2) is 10.3. The van der Waals surface area contributed by atoms with E-state index in [1.165, 1.54) is 37.9 Å². The number of para-hydroxylation sites is 1. The van der Waals surface area contributed by atoms with Crippen LogP contribution in [0.2, 0.25) is 0 Å². The van der Waals surface area contributed by atoms with Crippen molar-refractivity contribution in [1.82, 2.24) is 25.3 Å². The molecule has 6 nitrogen and oxygen atoms in total. The Hall–Kier alpha value is -2.34. The van der Waals surface area contributed by atoms with Gasteiger partial charge in [0.2, 0.25) is 0 Å². The Bertz CT molecular complexity index is 773. The molecule has 1 aromatic carbocycles. The number of guanidine groups is 1. The van der Waals surface area contributed by atoms with E-state index in [4.69, 9.17) is 4.99 Å². The molecule has 0 unspecified atom stereocenters. The summed E-state index contributed by atoms with van der Waals surface area (Å²) in [6, 6.07) is 10.5. The van der Waals surface area contributed by atoms with Gasteiger partial charge in [-0.3, -0.25) is 0 Å². The minimum absolute atomic E-state index is 0.619. The summed E-state index contributed by atoms with van der Waals surface area (Å²) in [4.78, 5) is 7.36. The van der Waals surface area contributed by atoms with Crippen molar-refractivity contribution < 1.29 is 0 Å². The molecule has 0 radical (unpaired) electrons. The molecule has 0 atom stereocenters. The summed E-state index contributed by atoms with van der Waals surface area (Å²) in [5.74, 6) is 0.877. The summed E-state index contributed by atoms with van der Waals surface area (Å²) in [6.07, 6.45) is 4.04. The fourth-order valence-electron chi connectivity index (χ4n) is 3.75. The maximum atomic E-state index is 4.82. The quantitative estimate of drug-likeness (QED) is 0.571. The van der Waals surface area contributed by atoms with Gasteiger partial charge in [-0.1, -0.05) is 24.6 Å². The smallest absolute Gasteiger partial charge is 0.191 e. The normalized spacial score (nSPS) is 15.6. The number of likely N-dealkylation sites (tertiary alicyclic amines) is 1. The first-order valence-electron chi connectivity index (χ1n) is 10.5. The number of nitrogens with zero attached hydrogens (tertiary/aromatic N) is 4. The number of aryl methyl sites for hydroxylation is 2. The molecule has 0 aliphatic carbocycles. The van der Waals surface area contributed by atoms with Crippen molar-refractivity contribution in [3.63, 3.8) is 0 Å². The number of aliphatic imine (C=N–C) groups is 1. The van der Waals surface area contributed by atoms with Crippen molar-refractivity contribution in [2.45, 2.75) is 46.6 Å². The van der Waals surface area contributed by atoms with Crippen LogP contribution >= 0.6 is 0 Å². The van der Waals surface area contributed by atoms with Gasteiger partial charge in [-0.05, 0) is 64.4 Å². The van der Waals surface area contributed by atoms with Gasteiger partial charge >= 0.3 is 0 Å². The Morgan fingerprint density at radius 3 is 2.61 bits per heavy atom. The number of hydrogen-bond donors (Lipinski definition) is 2. The number of piperidine rings is 1. The molecule has 0 spiro atoms. The lowest BCUT2D eigenvalue weighted by Crippen LogP contribution is -2.42. The van der Waals surface area contributed by atoms with E-state index in [-0.39, 0.29) is 0 Å². The van der Waals surface area contributed by atoms with Crippen LogP contribution in [0.15, 0.2) is 35.3 Å². The lowest BCUT2D eigenvalue weighted by molar-refractivity contribution is 0.232. The van der Waals surface area contributed by atoms with Crippen molar-refractivity contribution in [3.05, 3.63) is 47.3 Å². The number of nitrogens with one attached hydrogen (secondary N) is 2. The summed E-state index contributed by atoms with van der Waals surface area (Å²) in [7, 11) is 0. The first kappa shape index (κ1) is 20.4. The van der Waals surface area contributed by atoms with Gasteiger partial charge in [-0.15, -0.1) is 0 Å². The van der Waals surface area contributed by atoms with E-state index in [9.17, 15) is 0 Å². The van der Waals surface area contributed by atoms with Crippen LogP contribution in [-0.4, -0.2) is 53.4 Å². The molecule has 1 aromatic heterocycles. The first-order chi connectivity index (χ1) is 13.7. The standard InChI is InChI=1S/C22H34N6/c1-4-23-22(24-12-15-27-13-8-5-9-14-27)25-17-20-10-6-7-11-21(20)28-19(3)16-18(2)26-28/h6-7,10-11,16H,4-5,8-9,12-15,17H2,1-3H3,(H2,23,24,25). The van der Waals surface area contributed by atoms with Crippen molar-refractivity contribution >= 4 is 5.96 Å². The summed E-state index contributed by atoms with van der Waals surface area (Å²) in [5.41, 5.74) is 4.44. The second-order valence-corrected chi connectivity index (χ2v) is 7.49. The van der Waals surface area contributed by atoms with Gasteiger partial charge in [0.25, 0.3) is 0 Å². The summed E-state index contributed by atoms with van der Waals surface area (Å²) >= 11 is 0. The third-order valence-corrected chi connectivity index (χ3v) is 5.15. The third-order valence-electron chi connectivity index (χ3n) is 5.15. The molecule has 3 rings (SSSR count). The Balaban J connectivity index is 1.65. The predicted octanol–water partition coefficient (Wildman–Crippen LogP) is 3.03. The van der Waals surface area contributed by atoms with Crippen LogP contribution in [0, 0.1) is 13.8 Å². The van der Waals surface area contributed by atoms with Gasteiger partial charge < -0.3 is 15.5 Å². The van der Waals surface area contributed by atoms with Gasteiger partial charge in [0, 0.05) is 25.3 Å². The highest BCUT2D eigenvalue weighted by molar-refractivity contribution is 5.79. The molecule has 1 aliphatic rings. The van der Waals surface area contributed by atoms with Crippen LogP contribution in [-0.2, 0) is 6.54 Å². The van der Waals surface area contributed by atoms with Crippen LogP contribution < -0.4 is 10.6 Å². The molecule has 2 N–H and O–H groups in total. The molecule has 0 saturated carbocycles. The fourth-order valence-corrected chi connectivity index (χ4v) is 3.75. The second-order valence-electron chi connectivity index (χ2n) is 7.49. The zero-order chi connectivity index (χ0) is 19.8. The Labute approximate surface area is 169 Å². The van der Waals surface area contributed by atoms with Crippen LogP contribution in [0.4, 0.5) is 0 Å². The highest BCUT2D eigenvalue weighted by Crippen LogP contribution is 2.17. The van der Waals surface area contributed by atoms with Gasteiger partial charge in [0.05, 0.1) is 17.9 Å². The van der Waals surface area contributed by atoms with E-state index < -0.39 is 0 Å². The maximum Gasteiger partial charge on any atom is 0.191 e. The van der Waals surface area contributed by atoms with E-state index in [1.807, 2.05) is 11.6 Å². The Morgan fingerprint density at radius 2 is 1.89 bits per heavy atom. The Morgan fingerprint density at radius 1 is 1.11 bits per heavy atom. The third kappa shape index (κ3) is 5.58. The van der Waals surface area contributed by atoms with Gasteiger partial charge in [-0.2, -0.15) is 5.10 Å². The minimum Gasteiger partial charge on any atom is -0.357 e. The predicted molar refractivity (Wildman–Crippen MR) is 116 cm³/mol. The molecule has 6 heteroatoms. The fraction of sp³-hybridized carbons (Fsp3) is 0.545. The van der Waals surface area contributed by atoms with E-state index in [0.717, 1.165) is 42.7 Å². The highest BCUT2D eigenvalue weighted by Gasteiger charge is 2.10. The van der Waals surface area contributed by atoms with Gasteiger partial charge in [0.1, 0.15) is 0 Å². The lowest BCUT2D eigenvalue weighted by Gasteiger charge is -2.26. The van der Waals surface area contributed by atoms with E-state index in [0.29, 0.717) is 6.54 Å². The zero-order valence-electron chi connectivity index (χ0n) is 17.5. The van der Waals surface area contributed by atoms with Crippen LogP contribution in [0.25, 0.3) is 5.69 Å². The van der Waals surface area contributed by atoms with Gasteiger partial charge in [-0.25, -0.2) is 9.67 Å².